The highest BCUT2D eigenvalue weighted by Gasteiger charge is 2.60. The molecule has 0 atom stereocenters. The molecule has 12 heteroatoms. The molecule has 224 valence electrons. The maximum atomic E-state index is 13.5. The van der Waals surface area contributed by atoms with E-state index in [1.807, 2.05) is 62.3 Å². The molecule has 2 aliphatic rings. The lowest BCUT2D eigenvalue weighted by molar-refractivity contribution is -0.213. The number of aryl methyl sites for hydroxylation is 1. The second-order valence-corrected chi connectivity index (χ2v) is 18.7. The van der Waals surface area contributed by atoms with Gasteiger partial charge in [-0.2, -0.15) is 4.31 Å². The van der Waals surface area contributed by atoms with Gasteiger partial charge in [0.15, 0.2) is 0 Å². The van der Waals surface area contributed by atoms with Gasteiger partial charge in [0, 0.05) is 13.1 Å². The fraction of sp³-hybridized carbons (Fsp3) is 0.778. The van der Waals surface area contributed by atoms with Crippen molar-refractivity contribution in [2.45, 2.75) is 115 Å². The molecule has 2 fully saturated rings. The van der Waals surface area contributed by atoms with E-state index in [4.69, 9.17) is 18.1 Å². The van der Waals surface area contributed by atoms with Crippen molar-refractivity contribution in [2.24, 2.45) is 0 Å². The average Bonchev–Trinajstić information content (AvgIpc) is 3.04. The Kier molecular flexibility index (Phi) is 9.76. The molecule has 2 heterocycles. The minimum atomic E-state index is -3.77. The van der Waals surface area contributed by atoms with E-state index in [9.17, 15) is 18.2 Å². The van der Waals surface area contributed by atoms with Gasteiger partial charge < -0.3 is 9.79 Å². The van der Waals surface area contributed by atoms with E-state index in [1.165, 1.54) is 4.31 Å². The van der Waals surface area contributed by atoms with E-state index in [0.29, 0.717) is 25.7 Å². The van der Waals surface area contributed by atoms with Gasteiger partial charge in [0.1, 0.15) is 34.7 Å². The van der Waals surface area contributed by atoms with Crippen molar-refractivity contribution in [1.82, 2.24) is 4.31 Å². The fourth-order valence-corrected chi connectivity index (χ4v) is 11.2. The van der Waals surface area contributed by atoms with E-state index in [1.54, 1.807) is 24.3 Å². The molecule has 0 spiro atoms. The lowest BCUT2D eigenvalue weighted by Gasteiger charge is -2.26. The van der Waals surface area contributed by atoms with Crippen LogP contribution in [0, 0.1) is 6.92 Å². The summed E-state index contributed by atoms with van der Waals surface area (Å²) >= 11 is 0. The van der Waals surface area contributed by atoms with Gasteiger partial charge in [0.2, 0.25) is 25.9 Å². The van der Waals surface area contributed by atoms with Crippen molar-refractivity contribution in [1.29, 1.82) is 0 Å². The Bertz CT molecular complexity index is 1070. The molecule has 1 aromatic carbocycles. The van der Waals surface area contributed by atoms with Crippen LogP contribution < -0.4 is 9.79 Å². The molecule has 0 bridgehead atoms. The van der Waals surface area contributed by atoms with Gasteiger partial charge in [0.25, 0.3) is 0 Å². The molecule has 0 aliphatic carbocycles. The Hall–Kier alpha value is -0.250. The maximum Gasteiger partial charge on any atom is 0.243 e. The maximum absolute atomic E-state index is 13.5. The van der Waals surface area contributed by atoms with Gasteiger partial charge >= 0.3 is 0 Å². The molecule has 0 N–H and O–H groups in total. The van der Waals surface area contributed by atoms with Gasteiger partial charge in [-0.3, -0.25) is 0 Å². The highest BCUT2D eigenvalue weighted by molar-refractivity contribution is 7.89. The lowest BCUT2D eigenvalue weighted by Crippen LogP contribution is -2.41. The summed E-state index contributed by atoms with van der Waals surface area (Å²) in [4.78, 5) is 26.6. The van der Waals surface area contributed by atoms with Gasteiger partial charge in [-0.05, 0) is 100 Å². The normalized spacial score (nSPS) is 24.3. The van der Waals surface area contributed by atoms with Crippen LogP contribution in [-0.2, 0) is 28.1 Å². The van der Waals surface area contributed by atoms with Gasteiger partial charge in [-0.1, -0.05) is 17.7 Å². The Balaban J connectivity index is 1.61. The van der Waals surface area contributed by atoms with Crippen molar-refractivity contribution in [3.63, 3.8) is 0 Å². The number of rotatable bonds is 12. The van der Waals surface area contributed by atoms with Crippen LogP contribution in [0.2, 0.25) is 0 Å². The van der Waals surface area contributed by atoms with Crippen molar-refractivity contribution >= 4 is 25.9 Å². The summed E-state index contributed by atoms with van der Waals surface area (Å²) in [5.74, 6) is 0. The molecule has 2 saturated heterocycles. The summed E-state index contributed by atoms with van der Waals surface area (Å²) < 4.78 is 51.8. The number of unbranched alkanes of at least 4 members (excludes halogenated alkanes) is 2. The summed E-state index contributed by atoms with van der Waals surface area (Å²) in [6, 6.07) is 6.76. The molecule has 39 heavy (non-hydrogen) atoms. The first kappa shape index (κ1) is 33.3. The Morgan fingerprint density at radius 3 is 1.49 bits per heavy atom. The zero-order chi connectivity index (χ0) is 29.5. The fourth-order valence-electron chi connectivity index (χ4n) is 4.47. The zero-order valence-corrected chi connectivity index (χ0v) is 27.6. The number of hydrogen-bond acceptors (Lipinski definition) is 8. The average molecular weight is 608 g/mol. The van der Waals surface area contributed by atoms with E-state index in [2.05, 4.69) is 0 Å². The van der Waals surface area contributed by atoms with Gasteiger partial charge in [-0.25, -0.2) is 26.5 Å². The van der Waals surface area contributed by atoms with Crippen molar-refractivity contribution in [3.8, 4) is 0 Å². The number of hydrogen-bond donors (Lipinski definition) is 0. The molecule has 1 aromatic rings. The van der Waals surface area contributed by atoms with E-state index in [0.717, 1.165) is 5.56 Å². The van der Waals surface area contributed by atoms with Crippen LogP contribution in [0.1, 0.15) is 86.6 Å². The van der Waals surface area contributed by atoms with Gasteiger partial charge in [0.05, 0.1) is 4.90 Å². The van der Waals surface area contributed by atoms with Crippen LogP contribution in [0.4, 0.5) is 0 Å². The summed E-state index contributed by atoms with van der Waals surface area (Å²) in [5.41, 5.74) is -1.76. The Morgan fingerprint density at radius 2 is 1.05 bits per heavy atom. The van der Waals surface area contributed by atoms with Crippen LogP contribution in [0.3, 0.4) is 0 Å². The third kappa shape index (κ3) is 7.59. The Morgan fingerprint density at radius 1 is 0.667 bits per heavy atom. The van der Waals surface area contributed by atoms with E-state index < -0.39 is 48.3 Å². The van der Waals surface area contributed by atoms with Crippen molar-refractivity contribution in [3.05, 3.63) is 29.8 Å². The molecular formula is C27H47NO8P2S. The van der Waals surface area contributed by atoms with Crippen LogP contribution in [0.25, 0.3) is 0 Å². The predicted octanol–water partition coefficient (Wildman–Crippen LogP) is 5.00. The van der Waals surface area contributed by atoms with Crippen LogP contribution in [0.15, 0.2) is 29.2 Å². The lowest BCUT2D eigenvalue weighted by atomic mass is 9.90. The smallest absolute Gasteiger partial charge is 0.243 e. The summed E-state index contributed by atoms with van der Waals surface area (Å²) in [6.07, 6.45) is 2.56. The third-order valence-electron chi connectivity index (χ3n) is 8.21. The topological polar surface area (TPSA) is 120 Å². The molecular weight excluding hydrogens is 560 g/mol. The minimum absolute atomic E-state index is 0.128. The number of benzene rings is 1. The largest absolute Gasteiger partial charge is 0.631 e. The van der Waals surface area contributed by atoms with E-state index >= 15 is 0 Å². The van der Waals surface area contributed by atoms with E-state index in [-0.39, 0.29) is 30.3 Å². The van der Waals surface area contributed by atoms with Crippen LogP contribution in [-0.4, -0.2) is 60.5 Å². The molecule has 0 aromatic heterocycles. The van der Waals surface area contributed by atoms with Crippen LogP contribution in [0.5, 0.6) is 0 Å². The third-order valence-corrected chi connectivity index (χ3v) is 14.8. The van der Waals surface area contributed by atoms with Crippen molar-refractivity contribution < 1.29 is 36.3 Å². The highest BCUT2D eigenvalue weighted by atomic mass is 32.2. The molecule has 0 amide bonds. The molecule has 0 saturated carbocycles. The summed E-state index contributed by atoms with van der Waals surface area (Å²) in [5, 5.41) is 0. The molecule has 2 aliphatic heterocycles. The predicted molar refractivity (Wildman–Crippen MR) is 153 cm³/mol. The minimum Gasteiger partial charge on any atom is -0.631 e. The monoisotopic (exact) mass is 607 g/mol. The highest BCUT2D eigenvalue weighted by Crippen LogP contribution is 2.68. The summed E-state index contributed by atoms with van der Waals surface area (Å²) in [6.45, 7) is 17.2. The first-order chi connectivity index (χ1) is 17.6. The quantitative estimate of drug-likeness (QED) is 0.241. The second kappa shape index (κ2) is 11.4. The standard InChI is InChI=1S/C27H47NO8P2S/c1-22-14-16-23(17-15-22)39(31,32)28(19-13-21-38(30)35-26(6,7)27(8,9)36-38)18-11-10-12-20-37(29)33-24(2,3)25(4,5)34-37/h14-17H,10-13,18-21H2,1-9H3. The molecule has 0 radical (unpaired) electrons. The molecule has 9 nitrogen and oxygen atoms in total. The Labute approximate surface area is 236 Å². The molecule has 3 rings (SSSR count). The number of sulfonamides is 1. The number of nitrogens with zero attached hydrogens (tertiary/aromatic N) is 1. The zero-order valence-electron chi connectivity index (χ0n) is 25.0. The second-order valence-electron chi connectivity index (χ2n) is 12.7. The molecule has 0 unspecified atom stereocenters. The van der Waals surface area contributed by atoms with Crippen molar-refractivity contribution in [2.75, 3.05) is 25.4 Å². The SMILES string of the molecule is Cc1ccc(S(=O)(=O)N(CCCCC[P+]2([O-])OC(C)(C)C(C)(C)O2)CCC[P+]2([O-])OC(C)(C)C(C)(C)O2)cc1. The first-order valence-electron chi connectivity index (χ1n) is 13.7. The van der Waals surface area contributed by atoms with Crippen LogP contribution >= 0.6 is 15.9 Å². The summed E-state index contributed by atoms with van der Waals surface area (Å²) in [7, 11) is -10.3. The van der Waals surface area contributed by atoms with Gasteiger partial charge in [-0.15, -0.1) is 0 Å². The first-order valence-corrected chi connectivity index (χ1v) is 18.6.